The molecule has 0 bridgehead atoms. The van der Waals surface area contributed by atoms with Crippen molar-refractivity contribution >= 4 is 15.0 Å². The molecule has 0 saturated carbocycles. The van der Waals surface area contributed by atoms with Crippen molar-refractivity contribution in [3.8, 4) is 0 Å². The third kappa shape index (κ3) is 2.62. The van der Waals surface area contributed by atoms with E-state index in [1.165, 1.54) is 31.1 Å². The Labute approximate surface area is 95.9 Å². The quantitative estimate of drug-likeness (QED) is 0.764. The van der Waals surface area contributed by atoms with Gasteiger partial charge in [-0.2, -0.15) is 0 Å². The highest BCUT2D eigenvalue weighted by molar-refractivity contribution is 8.09. The van der Waals surface area contributed by atoms with E-state index >= 15 is 0 Å². The number of sulfone groups is 1. The Morgan fingerprint density at radius 1 is 1.25 bits per heavy atom. The van der Waals surface area contributed by atoms with E-state index in [-0.39, 0.29) is 5.17 Å². The summed E-state index contributed by atoms with van der Waals surface area (Å²) in [5, 5.41) is 0.921. The zero-order valence-electron chi connectivity index (χ0n) is 9.22. The molecule has 2 heterocycles. The van der Waals surface area contributed by atoms with Crippen LogP contribution in [0.3, 0.4) is 0 Å². The molecule has 0 spiro atoms. The molecule has 90 valence electrons. The summed E-state index contributed by atoms with van der Waals surface area (Å²) in [6.45, 7) is 2.64. The minimum atomic E-state index is -3.39. The van der Waals surface area contributed by atoms with Gasteiger partial charge >= 0.3 is 0 Å². The van der Waals surface area contributed by atoms with Gasteiger partial charge in [-0.15, -0.1) is 0 Å². The highest BCUT2D eigenvalue weighted by Crippen LogP contribution is 2.16. The molecular formula is C10H17N3O2S. The van der Waals surface area contributed by atoms with E-state index in [4.69, 9.17) is 5.73 Å². The predicted molar refractivity (Wildman–Crippen MR) is 63.5 cm³/mol. The van der Waals surface area contributed by atoms with Crippen molar-refractivity contribution in [3.63, 3.8) is 0 Å². The monoisotopic (exact) mass is 243 g/mol. The van der Waals surface area contributed by atoms with Crippen LogP contribution in [0.2, 0.25) is 0 Å². The van der Waals surface area contributed by atoms with E-state index < -0.39 is 9.84 Å². The standard InChI is InChI=1S/C10H17N3O2S/c11-10-12-9(8-16(10,14)15)7-13-5-3-1-2-4-6-13/h8H,1-7H2,(H2,11,12). The van der Waals surface area contributed by atoms with Crippen LogP contribution >= 0.6 is 0 Å². The Morgan fingerprint density at radius 2 is 1.88 bits per heavy atom. The summed E-state index contributed by atoms with van der Waals surface area (Å²) >= 11 is 0. The normalized spacial score (nSPS) is 26.0. The van der Waals surface area contributed by atoms with Crippen molar-refractivity contribution in [2.24, 2.45) is 10.7 Å². The van der Waals surface area contributed by atoms with Gasteiger partial charge in [-0.05, 0) is 25.9 Å². The SMILES string of the molecule is NC1=NC(CN2CCCCCC2)=CS1(=O)=O. The maximum absolute atomic E-state index is 11.3. The molecule has 0 aliphatic carbocycles. The number of hydrogen-bond donors (Lipinski definition) is 1. The summed E-state index contributed by atoms with van der Waals surface area (Å²) in [7, 11) is -3.39. The minimum absolute atomic E-state index is 0.266. The molecule has 0 amide bonds. The van der Waals surface area contributed by atoms with Gasteiger partial charge in [0.25, 0.3) is 0 Å². The van der Waals surface area contributed by atoms with Crippen molar-refractivity contribution in [1.82, 2.24) is 4.90 Å². The van der Waals surface area contributed by atoms with Crippen LogP contribution in [0.15, 0.2) is 16.1 Å². The van der Waals surface area contributed by atoms with E-state index in [1.807, 2.05) is 0 Å². The van der Waals surface area contributed by atoms with Crippen molar-refractivity contribution in [2.45, 2.75) is 25.7 Å². The highest BCUT2D eigenvalue weighted by Gasteiger charge is 2.23. The summed E-state index contributed by atoms with van der Waals surface area (Å²) in [4.78, 5) is 6.14. The summed E-state index contributed by atoms with van der Waals surface area (Å²) < 4.78 is 22.7. The summed E-state index contributed by atoms with van der Waals surface area (Å²) in [5.41, 5.74) is 5.90. The Hall–Kier alpha value is -0.880. The highest BCUT2D eigenvalue weighted by atomic mass is 32.2. The van der Waals surface area contributed by atoms with E-state index in [9.17, 15) is 8.42 Å². The number of nitrogens with two attached hydrogens (primary N) is 1. The van der Waals surface area contributed by atoms with Crippen LogP contribution in [0, 0.1) is 0 Å². The second-order valence-electron chi connectivity index (χ2n) is 4.29. The van der Waals surface area contributed by atoms with Crippen molar-refractivity contribution in [1.29, 1.82) is 0 Å². The topological polar surface area (TPSA) is 75.8 Å². The predicted octanol–water partition coefficient (Wildman–Crippen LogP) is 0.447. The Balaban J connectivity index is 2.01. The molecule has 0 unspecified atom stereocenters. The van der Waals surface area contributed by atoms with Gasteiger partial charge in [-0.25, -0.2) is 13.4 Å². The van der Waals surface area contributed by atoms with Gasteiger partial charge in [0.1, 0.15) is 0 Å². The van der Waals surface area contributed by atoms with Gasteiger partial charge in [0.15, 0.2) is 0 Å². The van der Waals surface area contributed by atoms with Crippen LogP contribution < -0.4 is 5.73 Å². The fourth-order valence-electron chi connectivity index (χ4n) is 2.07. The molecule has 0 aromatic heterocycles. The average Bonchev–Trinajstić information content (AvgIpc) is 2.44. The lowest BCUT2D eigenvalue weighted by Crippen LogP contribution is -2.26. The van der Waals surface area contributed by atoms with E-state index in [1.54, 1.807) is 0 Å². The second kappa shape index (κ2) is 4.55. The van der Waals surface area contributed by atoms with Crippen LogP contribution in [0.1, 0.15) is 25.7 Å². The first-order valence-electron chi connectivity index (χ1n) is 5.60. The van der Waals surface area contributed by atoms with Gasteiger partial charge in [0, 0.05) is 6.54 Å². The average molecular weight is 243 g/mol. The lowest BCUT2D eigenvalue weighted by Gasteiger charge is -2.18. The Morgan fingerprint density at radius 3 is 2.38 bits per heavy atom. The zero-order valence-corrected chi connectivity index (χ0v) is 10.0. The molecule has 0 atom stereocenters. The first-order valence-corrected chi connectivity index (χ1v) is 7.15. The minimum Gasteiger partial charge on any atom is -0.374 e. The zero-order chi connectivity index (χ0) is 11.6. The van der Waals surface area contributed by atoms with Gasteiger partial charge in [0.05, 0.1) is 11.1 Å². The number of nitrogens with zero attached hydrogens (tertiary/aromatic N) is 2. The lowest BCUT2D eigenvalue weighted by molar-refractivity contribution is 0.308. The van der Waals surface area contributed by atoms with Gasteiger partial charge in [-0.1, -0.05) is 12.8 Å². The van der Waals surface area contributed by atoms with E-state index in [0.717, 1.165) is 13.1 Å². The third-order valence-corrected chi connectivity index (χ3v) is 4.18. The van der Waals surface area contributed by atoms with Gasteiger partial charge in [0.2, 0.25) is 15.0 Å². The number of likely N-dealkylation sites (tertiary alicyclic amines) is 1. The van der Waals surface area contributed by atoms with Crippen LogP contribution in [0.5, 0.6) is 0 Å². The first-order chi connectivity index (χ1) is 7.58. The molecule has 1 fully saturated rings. The Kier molecular flexibility index (Phi) is 3.30. The first kappa shape index (κ1) is 11.6. The summed E-state index contributed by atoms with van der Waals surface area (Å²) in [5.74, 6) is 0. The Bertz CT molecular complexity index is 417. The molecule has 6 heteroatoms. The number of hydrogen-bond acceptors (Lipinski definition) is 5. The van der Waals surface area contributed by atoms with Gasteiger partial charge in [-0.3, -0.25) is 4.90 Å². The maximum Gasteiger partial charge on any atom is 0.234 e. The summed E-state index contributed by atoms with van der Waals surface area (Å²) in [6.07, 6.45) is 4.89. The van der Waals surface area contributed by atoms with Crippen molar-refractivity contribution in [3.05, 3.63) is 11.1 Å². The van der Waals surface area contributed by atoms with Crippen LogP contribution in [-0.2, 0) is 9.84 Å². The molecular weight excluding hydrogens is 226 g/mol. The lowest BCUT2D eigenvalue weighted by atomic mass is 10.2. The molecule has 0 aromatic rings. The molecule has 0 radical (unpaired) electrons. The smallest absolute Gasteiger partial charge is 0.234 e. The molecule has 5 nitrogen and oxygen atoms in total. The molecule has 1 saturated heterocycles. The number of aliphatic imine (C=N–C) groups is 1. The van der Waals surface area contributed by atoms with Crippen molar-refractivity contribution in [2.75, 3.05) is 19.6 Å². The molecule has 2 rings (SSSR count). The van der Waals surface area contributed by atoms with E-state index in [2.05, 4.69) is 9.89 Å². The largest absolute Gasteiger partial charge is 0.374 e. The van der Waals surface area contributed by atoms with E-state index in [0.29, 0.717) is 12.2 Å². The molecule has 2 N–H and O–H groups in total. The maximum atomic E-state index is 11.3. The molecule has 0 aromatic carbocycles. The van der Waals surface area contributed by atoms with Gasteiger partial charge < -0.3 is 5.73 Å². The van der Waals surface area contributed by atoms with Crippen LogP contribution in [0.25, 0.3) is 0 Å². The molecule has 2 aliphatic rings. The summed E-state index contributed by atoms with van der Waals surface area (Å²) in [6, 6.07) is 0. The fraction of sp³-hybridized carbons (Fsp3) is 0.700. The van der Waals surface area contributed by atoms with Crippen LogP contribution in [-0.4, -0.2) is 38.1 Å². The number of amidine groups is 1. The van der Waals surface area contributed by atoms with Crippen LogP contribution in [0.4, 0.5) is 0 Å². The third-order valence-electron chi connectivity index (χ3n) is 2.92. The fourth-order valence-corrected chi connectivity index (χ4v) is 2.92. The number of rotatable bonds is 2. The molecule has 16 heavy (non-hydrogen) atoms. The second-order valence-corrected chi connectivity index (χ2v) is 6.04. The van der Waals surface area contributed by atoms with Crippen molar-refractivity contribution < 1.29 is 8.42 Å². The molecule has 2 aliphatic heterocycles.